The molecular formula is C15H11BrN2O2. The Labute approximate surface area is 123 Å². The lowest BCUT2D eigenvalue weighted by atomic mass is 10.1. The predicted molar refractivity (Wildman–Crippen MR) is 80.0 cm³/mol. The van der Waals surface area contributed by atoms with E-state index in [9.17, 15) is 9.90 Å². The molecule has 3 rings (SSSR count). The number of carboxylic acids is 1. The third kappa shape index (κ3) is 2.00. The Morgan fingerprint density at radius 1 is 1.25 bits per heavy atom. The van der Waals surface area contributed by atoms with Gasteiger partial charge in [0.1, 0.15) is 5.82 Å². The maximum Gasteiger partial charge on any atom is 0.356 e. The van der Waals surface area contributed by atoms with Gasteiger partial charge in [0.25, 0.3) is 0 Å². The zero-order valence-electron chi connectivity index (χ0n) is 10.7. The van der Waals surface area contributed by atoms with E-state index in [4.69, 9.17) is 0 Å². The summed E-state index contributed by atoms with van der Waals surface area (Å²) in [5.41, 5.74) is 2.65. The van der Waals surface area contributed by atoms with Crippen molar-refractivity contribution in [3.05, 3.63) is 58.3 Å². The number of aromatic carboxylic acids is 1. The van der Waals surface area contributed by atoms with Crippen LogP contribution >= 0.6 is 15.9 Å². The second-order valence-corrected chi connectivity index (χ2v) is 5.38. The van der Waals surface area contributed by atoms with Gasteiger partial charge in [0.05, 0.1) is 5.52 Å². The van der Waals surface area contributed by atoms with E-state index in [1.165, 1.54) is 0 Å². The maximum absolute atomic E-state index is 11.4. The highest BCUT2D eigenvalue weighted by Crippen LogP contribution is 2.28. The van der Waals surface area contributed by atoms with Gasteiger partial charge in [0.15, 0.2) is 5.69 Å². The van der Waals surface area contributed by atoms with Gasteiger partial charge in [0.2, 0.25) is 0 Å². The van der Waals surface area contributed by atoms with E-state index >= 15 is 0 Å². The van der Waals surface area contributed by atoms with Crippen molar-refractivity contribution in [2.75, 3.05) is 0 Å². The Kier molecular flexibility index (Phi) is 3.06. The molecule has 0 amide bonds. The molecule has 0 aliphatic rings. The summed E-state index contributed by atoms with van der Waals surface area (Å²) >= 11 is 3.39. The average molecular weight is 331 g/mol. The van der Waals surface area contributed by atoms with Crippen LogP contribution in [-0.4, -0.2) is 20.5 Å². The fourth-order valence-corrected chi connectivity index (χ4v) is 2.69. The largest absolute Gasteiger partial charge is 0.476 e. The molecule has 0 aliphatic heterocycles. The van der Waals surface area contributed by atoms with Gasteiger partial charge in [-0.1, -0.05) is 29.8 Å². The lowest BCUT2D eigenvalue weighted by molar-refractivity contribution is 0.0693. The quantitative estimate of drug-likeness (QED) is 0.778. The van der Waals surface area contributed by atoms with Crippen LogP contribution in [0.1, 0.15) is 16.1 Å². The van der Waals surface area contributed by atoms with Crippen molar-refractivity contribution >= 4 is 27.4 Å². The second kappa shape index (κ2) is 4.76. The van der Waals surface area contributed by atoms with Gasteiger partial charge in [-0.25, -0.2) is 9.78 Å². The molecule has 0 saturated carbocycles. The molecule has 3 aromatic rings. The van der Waals surface area contributed by atoms with Crippen LogP contribution in [0.5, 0.6) is 0 Å². The van der Waals surface area contributed by atoms with Gasteiger partial charge in [-0.2, -0.15) is 0 Å². The molecule has 0 bridgehead atoms. The van der Waals surface area contributed by atoms with Crippen LogP contribution < -0.4 is 0 Å². The first-order chi connectivity index (χ1) is 9.58. The van der Waals surface area contributed by atoms with Crippen LogP contribution in [0, 0.1) is 6.92 Å². The monoisotopic (exact) mass is 330 g/mol. The van der Waals surface area contributed by atoms with Crippen LogP contribution in [0.3, 0.4) is 0 Å². The minimum Gasteiger partial charge on any atom is -0.476 e. The number of aryl methyl sites for hydroxylation is 1. The fraction of sp³-hybridized carbons (Fsp3) is 0.0667. The van der Waals surface area contributed by atoms with Gasteiger partial charge in [0, 0.05) is 16.2 Å². The molecule has 0 unspecified atom stereocenters. The first kappa shape index (κ1) is 12.9. The Morgan fingerprint density at radius 2 is 1.95 bits per heavy atom. The summed E-state index contributed by atoms with van der Waals surface area (Å²) in [6, 6.07) is 11.5. The van der Waals surface area contributed by atoms with E-state index in [0.29, 0.717) is 15.8 Å². The summed E-state index contributed by atoms with van der Waals surface area (Å²) in [7, 11) is 0. The lowest BCUT2D eigenvalue weighted by Crippen LogP contribution is -1.97. The number of hydrogen-bond acceptors (Lipinski definition) is 2. The summed E-state index contributed by atoms with van der Waals surface area (Å²) in [4.78, 5) is 15.7. The Morgan fingerprint density at radius 3 is 2.60 bits per heavy atom. The van der Waals surface area contributed by atoms with Gasteiger partial charge in [-0.05, 0) is 35.0 Å². The first-order valence-corrected chi connectivity index (χ1v) is 6.84. The normalized spacial score (nSPS) is 10.9. The number of carbonyl (C=O) groups is 1. The molecule has 1 N–H and O–H groups in total. The van der Waals surface area contributed by atoms with Crippen LogP contribution in [0.15, 0.2) is 47.1 Å². The van der Waals surface area contributed by atoms with Crippen molar-refractivity contribution in [2.45, 2.75) is 6.92 Å². The Hall–Kier alpha value is -2.14. The lowest BCUT2D eigenvalue weighted by Gasteiger charge is -2.02. The minimum atomic E-state index is -1.03. The molecule has 0 atom stereocenters. The van der Waals surface area contributed by atoms with Gasteiger partial charge >= 0.3 is 5.97 Å². The zero-order valence-corrected chi connectivity index (χ0v) is 12.3. The van der Waals surface area contributed by atoms with Crippen LogP contribution in [0.25, 0.3) is 16.9 Å². The van der Waals surface area contributed by atoms with Crippen molar-refractivity contribution in [1.29, 1.82) is 0 Å². The van der Waals surface area contributed by atoms with Crippen LogP contribution in [-0.2, 0) is 0 Å². The average Bonchev–Trinajstić information content (AvgIpc) is 2.81. The number of aromatic nitrogens is 2. The van der Waals surface area contributed by atoms with Gasteiger partial charge in [-0.15, -0.1) is 0 Å². The van der Waals surface area contributed by atoms with E-state index < -0.39 is 5.97 Å². The van der Waals surface area contributed by atoms with Crippen molar-refractivity contribution in [3.63, 3.8) is 0 Å². The minimum absolute atomic E-state index is 0.0491. The van der Waals surface area contributed by atoms with Crippen molar-refractivity contribution < 1.29 is 9.90 Å². The molecule has 2 aromatic heterocycles. The number of rotatable bonds is 2. The molecule has 0 radical (unpaired) electrons. The fourth-order valence-electron chi connectivity index (χ4n) is 2.15. The third-order valence-electron chi connectivity index (χ3n) is 3.13. The SMILES string of the molecule is Cc1ccc(-c2nc(C(=O)O)c3c(Br)cccn23)cc1. The summed E-state index contributed by atoms with van der Waals surface area (Å²) < 4.78 is 2.50. The number of hydrogen-bond donors (Lipinski definition) is 1. The topological polar surface area (TPSA) is 54.6 Å². The molecule has 5 heteroatoms. The number of carboxylic acid groups (broad SMARTS) is 1. The molecule has 0 aliphatic carbocycles. The van der Waals surface area contributed by atoms with Crippen LogP contribution in [0.2, 0.25) is 0 Å². The Bertz CT molecular complexity index is 807. The molecule has 2 heterocycles. The molecular weight excluding hydrogens is 320 g/mol. The van der Waals surface area contributed by atoms with E-state index in [1.807, 2.05) is 49.5 Å². The summed E-state index contributed by atoms with van der Waals surface area (Å²) in [6.45, 7) is 2.01. The summed E-state index contributed by atoms with van der Waals surface area (Å²) in [5.74, 6) is -0.411. The molecule has 4 nitrogen and oxygen atoms in total. The number of benzene rings is 1. The third-order valence-corrected chi connectivity index (χ3v) is 3.77. The molecule has 20 heavy (non-hydrogen) atoms. The van der Waals surface area contributed by atoms with Crippen molar-refractivity contribution in [3.8, 4) is 11.4 Å². The van der Waals surface area contributed by atoms with Gasteiger partial charge < -0.3 is 5.11 Å². The van der Waals surface area contributed by atoms with E-state index in [1.54, 1.807) is 4.40 Å². The number of halogens is 1. The highest BCUT2D eigenvalue weighted by atomic mass is 79.9. The second-order valence-electron chi connectivity index (χ2n) is 4.53. The highest BCUT2D eigenvalue weighted by molar-refractivity contribution is 9.10. The number of nitrogens with zero attached hydrogens (tertiary/aromatic N) is 2. The number of pyridine rings is 1. The molecule has 100 valence electrons. The Balaban J connectivity index is 2.34. The smallest absolute Gasteiger partial charge is 0.356 e. The summed E-state index contributed by atoms with van der Waals surface area (Å²) in [5, 5.41) is 9.31. The zero-order chi connectivity index (χ0) is 14.3. The summed E-state index contributed by atoms with van der Waals surface area (Å²) in [6.07, 6.45) is 1.81. The number of imidazole rings is 1. The van der Waals surface area contributed by atoms with E-state index in [-0.39, 0.29) is 5.69 Å². The van der Waals surface area contributed by atoms with Crippen molar-refractivity contribution in [1.82, 2.24) is 9.38 Å². The maximum atomic E-state index is 11.4. The first-order valence-electron chi connectivity index (χ1n) is 6.05. The van der Waals surface area contributed by atoms with Gasteiger partial charge in [-0.3, -0.25) is 4.40 Å². The van der Waals surface area contributed by atoms with E-state index in [2.05, 4.69) is 20.9 Å². The number of fused-ring (bicyclic) bond motifs is 1. The van der Waals surface area contributed by atoms with E-state index in [0.717, 1.165) is 11.1 Å². The van der Waals surface area contributed by atoms with Crippen LogP contribution in [0.4, 0.5) is 0 Å². The van der Waals surface area contributed by atoms with Crippen molar-refractivity contribution in [2.24, 2.45) is 0 Å². The molecule has 0 spiro atoms. The molecule has 1 aromatic carbocycles. The highest BCUT2D eigenvalue weighted by Gasteiger charge is 2.19. The predicted octanol–water partition coefficient (Wildman–Crippen LogP) is 3.77. The molecule has 0 saturated heterocycles. The molecule has 0 fully saturated rings. The standard InChI is InChI=1S/C15H11BrN2O2/c1-9-4-6-10(7-5-9)14-17-12(15(19)20)13-11(16)3-2-8-18(13)14/h2-8H,1H3,(H,19,20).